The van der Waals surface area contributed by atoms with Crippen molar-refractivity contribution in [1.29, 1.82) is 0 Å². The molecule has 22 heteroatoms. The number of sulfone groups is 1. The van der Waals surface area contributed by atoms with E-state index in [0.29, 0.717) is 50.1 Å². The maximum Gasteiger partial charge on any atom is 0.266 e. The number of benzene rings is 3. The summed E-state index contributed by atoms with van der Waals surface area (Å²) < 4.78 is 55.0. The Morgan fingerprint density at radius 2 is 1.53 bits per heavy atom. The Labute approximate surface area is 430 Å². The minimum Gasteiger partial charge on any atom is -0.490 e. The SMILES string of the molecule is Cc1cc(Nc2ncc(Cl)c(Nc3ccccc3S(=O)(=O)C(C)C)n2)c(OC(C)C)cc1C1CCN(CC(=O)NCCOCCOCCOCCOc2cccc3c2C(=O)N(C2CCC(=O)NC2=O)C3=O)CC1. The molecule has 0 radical (unpaired) electrons. The minimum absolute atomic E-state index is 0.0336. The highest BCUT2D eigenvalue weighted by molar-refractivity contribution is 7.92. The summed E-state index contributed by atoms with van der Waals surface area (Å²) in [6, 6.07) is 14.3. The second-order valence-electron chi connectivity index (χ2n) is 18.3. The van der Waals surface area contributed by atoms with Gasteiger partial charge in [-0.1, -0.05) is 29.8 Å². The molecule has 1 aromatic heterocycles. The number of piperidine rings is 2. The second kappa shape index (κ2) is 25.1. The van der Waals surface area contributed by atoms with Crippen LogP contribution in [0.2, 0.25) is 5.02 Å². The van der Waals surface area contributed by atoms with Crippen molar-refractivity contribution in [2.75, 3.05) is 83.1 Å². The summed E-state index contributed by atoms with van der Waals surface area (Å²) >= 11 is 6.50. The first-order chi connectivity index (χ1) is 35.0. The number of aryl methyl sites for hydroxylation is 1. The first kappa shape index (κ1) is 54.5. The predicted molar refractivity (Wildman–Crippen MR) is 272 cm³/mol. The summed E-state index contributed by atoms with van der Waals surface area (Å²) in [4.78, 5) is 75.2. The van der Waals surface area contributed by atoms with Crippen LogP contribution in [0, 0.1) is 6.92 Å². The van der Waals surface area contributed by atoms with Crippen molar-refractivity contribution in [1.82, 2.24) is 30.4 Å². The number of hydrogen-bond acceptors (Lipinski definition) is 17. The van der Waals surface area contributed by atoms with Gasteiger partial charge in [-0.2, -0.15) is 4.98 Å². The second-order valence-corrected chi connectivity index (χ2v) is 21.2. The third-order valence-corrected chi connectivity index (χ3v) is 14.9. The van der Waals surface area contributed by atoms with Gasteiger partial charge in [-0.3, -0.25) is 39.1 Å². The molecule has 4 aromatic rings. The smallest absolute Gasteiger partial charge is 0.266 e. The number of amides is 5. The Morgan fingerprint density at radius 3 is 2.23 bits per heavy atom. The molecule has 3 aliphatic heterocycles. The van der Waals surface area contributed by atoms with E-state index in [2.05, 4.69) is 49.1 Å². The molecule has 2 fully saturated rings. The average Bonchev–Trinajstić information content (AvgIpc) is 3.61. The monoisotopic (exact) mass is 1050 g/mol. The number of nitrogens with one attached hydrogen (secondary N) is 4. The normalized spacial score (nSPS) is 16.5. The molecule has 2 saturated heterocycles. The van der Waals surface area contributed by atoms with Gasteiger partial charge in [0, 0.05) is 13.0 Å². The van der Waals surface area contributed by atoms with E-state index in [9.17, 15) is 32.4 Å². The van der Waals surface area contributed by atoms with E-state index >= 15 is 0 Å². The zero-order chi connectivity index (χ0) is 52.2. The van der Waals surface area contributed by atoms with Crippen LogP contribution in [0.25, 0.3) is 0 Å². The van der Waals surface area contributed by atoms with E-state index in [-0.39, 0.29) is 95.7 Å². The van der Waals surface area contributed by atoms with Crippen molar-refractivity contribution in [3.63, 3.8) is 0 Å². The van der Waals surface area contributed by atoms with Crippen LogP contribution in [0.1, 0.15) is 91.1 Å². The van der Waals surface area contributed by atoms with Gasteiger partial charge in [-0.15, -0.1) is 0 Å². The highest BCUT2D eigenvalue weighted by atomic mass is 35.5. The van der Waals surface area contributed by atoms with Gasteiger partial charge in [-0.25, -0.2) is 13.4 Å². The molecule has 4 heterocycles. The fourth-order valence-corrected chi connectivity index (χ4v) is 10.0. The minimum atomic E-state index is -3.59. The number of anilines is 4. The van der Waals surface area contributed by atoms with Crippen LogP contribution >= 0.6 is 11.6 Å². The lowest BCUT2D eigenvalue weighted by Crippen LogP contribution is -2.54. The Kier molecular flexibility index (Phi) is 18.8. The zero-order valence-electron chi connectivity index (χ0n) is 41.7. The van der Waals surface area contributed by atoms with E-state index in [1.165, 1.54) is 17.8 Å². The van der Waals surface area contributed by atoms with Gasteiger partial charge in [-0.05, 0) is 120 Å². The third-order valence-electron chi connectivity index (χ3n) is 12.4. The molecule has 0 aliphatic carbocycles. The topological polar surface area (TPSA) is 246 Å². The van der Waals surface area contributed by atoms with Crippen molar-refractivity contribution in [2.24, 2.45) is 0 Å². The number of aromatic nitrogens is 2. The summed E-state index contributed by atoms with van der Waals surface area (Å²) in [7, 11) is -3.59. The van der Waals surface area contributed by atoms with Crippen LogP contribution in [-0.4, -0.2) is 148 Å². The Hall–Kier alpha value is -6.23. The number of fused-ring (bicyclic) bond motifs is 1. The Balaban J connectivity index is 0.771. The van der Waals surface area contributed by atoms with Gasteiger partial charge < -0.3 is 39.6 Å². The number of carbonyl (C=O) groups is 5. The third kappa shape index (κ3) is 13.9. The highest BCUT2D eigenvalue weighted by Gasteiger charge is 2.46. The van der Waals surface area contributed by atoms with E-state index in [1.807, 2.05) is 19.9 Å². The molecular formula is C51H63ClN8O12S. The molecule has 0 spiro atoms. The van der Waals surface area contributed by atoms with Crippen LogP contribution in [0.5, 0.6) is 11.5 Å². The lowest BCUT2D eigenvalue weighted by atomic mass is 9.86. The van der Waals surface area contributed by atoms with Crippen LogP contribution in [0.3, 0.4) is 0 Å². The standard InChI is InChI=1S/C51H63ClN8O12S/c1-31(2)72-42-28-36(33(5)27-39(42)56-51-54-29-37(52)47(58-51)55-38-10-6-7-12-43(38)73(66,67)32(3)4)34-15-18-59(19-16-34)30-45(62)53-17-20-68-21-22-69-23-24-70-25-26-71-41-11-8-9-35-46(41)50(65)60(49(35)64)40-13-14-44(61)57-48(40)63/h6-12,27-29,31-32,34,40H,13-26,30H2,1-5H3,(H,53,62)(H,57,61,63)(H2,54,55,56,58). The number of para-hydroxylation sites is 1. The number of halogens is 1. The lowest BCUT2D eigenvalue weighted by molar-refractivity contribution is -0.136. The molecule has 20 nitrogen and oxygen atoms in total. The molecule has 1 unspecified atom stereocenters. The van der Waals surface area contributed by atoms with Crippen molar-refractivity contribution in [3.05, 3.63) is 88.1 Å². The number of imide groups is 2. The van der Waals surface area contributed by atoms with Gasteiger partial charge in [0.25, 0.3) is 11.8 Å². The van der Waals surface area contributed by atoms with Crippen molar-refractivity contribution in [2.45, 2.75) is 88.5 Å². The predicted octanol–water partition coefficient (Wildman–Crippen LogP) is 5.72. The lowest BCUT2D eigenvalue weighted by Gasteiger charge is -2.32. The van der Waals surface area contributed by atoms with Crippen LogP contribution in [-0.2, 0) is 38.4 Å². The van der Waals surface area contributed by atoms with Crippen LogP contribution in [0.4, 0.5) is 23.1 Å². The number of nitrogens with zero attached hydrogens (tertiary/aromatic N) is 4. The summed E-state index contributed by atoms with van der Waals surface area (Å²) in [5, 5.41) is 11.1. The van der Waals surface area contributed by atoms with Crippen molar-refractivity contribution in [3.8, 4) is 11.5 Å². The number of hydrogen-bond donors (Lipinski definition) is 4. The maximum absolute atomic E-state index is 13.2. The van der Waals surface area contributed by atoms with E-state index in [4.69, 9.17) is 35.3 Å². The maximum atomic E-state index is 13.2. The van der Waals surface area contributed by atoms with Gasteiger partial charge >= 0.3 is 0 Å². The summed E-state index contributed by atoms with van der Waals surface area (Å²) in [6.07, 6.45) is 3.16. The first-order valence-corrected chi connectivity index (χ1v) is 26.3. The molecule has 0 saturated carbocycles. The van der Waals surface area contributed by atoms with Crippen LogP contribution < -0.4 is 30.7 Å². The molecule has 73 heavy (non-hydrogen) atoms. The molecule has 1 atom stereocenters. The fourth-order valence-electron chi connectivity index (χ4n) is 8.71. The van der Waals surface area contributed by atoms with Gasteiger partial charge in [0.15, 0.2) is 15.7 Å². The van der Waals surface area contributed by atoms with Crippen molar-refractivity contribution >= 4 is 74.1 Å². The number of carbonyl (C=O) groups excluding carboxylic acids is 5. The van der Waals surface area contributed by atoms with Crippen molar-refractivity contribution < 1.29 is 56.1 Å². The molecule has 3 aliphatic rings. The molecule has 392 valence electrons. The molecule has 0 bridgehead atoms. The molecular weight excluding hydrogens is 984 g/mol. The zero-order valence-corrected chi connectivity index (χ0v) is 43.2. The molecule has 7 rings (SSSR count). The Bertz CT molecular complexity index is 2770. The summed E-state index contributed by atoms with van der Waals surface area (Å²) in [5.74, 6) is -0.852. The summed E-state index contributed by atoms with van der Waals surface area (Å²) in [5.41, 5.74) is 3.47. The fraction of sp³-hybridized carbons (Fsp3) is 0.471. The Morgan fingerprint density at radius 1 is 0.836 bits per heavy atom. The number of rotatable bonds is 25. The van der Waals surface area contributed by atoms with Gasteiger partial charge in [0.05, 0.1) is 91.1 Å². The first-order valence-electron chi connectivity index (χ1n) is 24.4. The number of ether oxygens (including phenoxy) is 5. The molecule has 3 aromatic carbocycles. The highest BCUT2D eigenvalue weighted by Crippen LogP contribution is 2.39. The van der Waals surface area contributed by atoms with Crippen LogP contribution in [0.15, 0.2) is 65.7 Å². The van der Waals surface area contributed by atoms with Gasteiger partial charge in [0.2, 0.25) is 23.7 Å². The van der Waals surface area contributed by atoms with E-state index in [0.717, 1.165) is 36.4 Å². The number of likely N-dealkylation sites (tertiary alicyclic amines) is 1. The van der Waals surface area contributed by atoms with Gasteiger partial charge in [0.1, 0.15) is 29.2 Å². The molecule has 5 amide bonds. The summed E-state index contributed by atoms with van der Waals surface area (Å²) in [6.45, 7) is 13.3. The average molecular weight is 1050 g/mol. The largest absolute Gasteiger partial charge is 0.490 e. The van der Waals surface area contributed by atoms with E-state index in [1.54, 1.807) is 50.2 Å². The van der Waals surface area contributed by atoms with E-state index < -0.39 is 44.8 Å². The quantitative estimate of drug-likeness (QED) is 0.0458. The molecule has 4 N–H and O–H groups in total.